The van der Waals surface area contributed by atoms with Crippen LogP contribution in [0.2, 0.25) is 0 Å². The predicted molar refractivity (Wildman–Crippen MR) is 80.1 cm³/mol. The number of aryl methyl sites for hydroxylation is 1. The maximum atomic E-state index is 5.89. The first kappa shape index (κ1) is 14.9. The second-order valence-electron chi connectivity index (χ2n) is 4.86. The average molecular weight is 294 g/mol. The third-order valence-electron chi connectivity index (χ3n) is 3.28. The van der Waals surface area contributed by atoms with E-state index in [-0.39, 0.29) is 0 Å². The molecule has 2 aromatic rings. The lowest BCUT2D eigenvalue weighted by Crippen LogP contribution is -2.06. The van der Waals surface area contributed by atoms with Crippen LogP contribution in [0, 0.1) is 6.92 Å². The van der Waals surface area contributed by atoms with Crippen molar-refractivity contribution in [3.05, 3.63) is 41.5 Å². The quantitative estimate of drug-likeness (QED) is 0.759. The molecule has 1 atom stereocenters. The average Bonchev–Trinajstić information content (AvgIpc) is 2.93. The Kier molecular flexibility index (Phi) is 5.01. The molecule has 2 rings (SSSR count). The summed E-state index contributed by atoms with van der Waals surface area (Å²) in [5.74, 6) is 1.07. The summed E-state index contributed by atoms with van der Waals surface area (Å²) in [6, 6.07) is 6.21. The fourth-order valence-corrected chi connectivity index (χ4v) is 2.05. The molecule has 5 heteroatoms. The van der Waals surface area contributed by atoms with Gasteiger partial charge in [0.05, 0.1) is 17.3 Å². The van der Waals surface area contributed by atoms with Crippen molar-refractivity contribution in [3.8, 4) is 5.75 Å². The first-order chi connectivity index (χ1) is 9.63. The lowest BCUT2D eigenvalue weighted by Gasteiger charge is -2.10. The summed E-state index contributed by atoms with van der Waals surface area (Å²) in [6.07, 6.45) is 3.04. The summed E-state index contributed by atoms with van der Waals surface area (Å²) in [6.45, 7) is 6.66. The molecule has 0 aliphatic heterocycles. The maximum Gasteiger partial charge on any atom is 0.142 e. The van der Waals surface area contributed by atoms with Crippen molar-refractivity contribution in [1.82, 2.24) is 14.8 Å². The van der Waals surface area contributed by atoms with Gasteiger partial charge in [0, 0.05) is 17.9 Å². The highest BCUT2D eigenvalue weighted by molar-refractivity contribution is 6.17. The molecule has 0 bridgehead atoms. The molecule has 0 aliphatic carbocycles. The first-order valence-corrected chi connectivity index (χ1v) is 7.36. The van der Waals surface area contributed by atoms with Gasteiger partial charge in [-0.3, -0.25) is 9.67 Å². The Labute approximate surface area is 124 Å². The number of alkyl halides is 1. The Balaban J connectivity index is 2.03. The van der Waals surface area contributed by atoms with E-state index in [9.17, 15) is 0 Å². The van der Waals surface area contributed by atoms with Crippen LogP contribution in [0.25, 0.3) is 0 Å². The van der Waals surface area contributed by atoms with Gasteiger partial charge in [0.2, 0.25) is 0 Å². The molecule has 0 spiro atoms. The van der Waals surface area contributed by atoms with Crippen molar-refractivity contribution in [3.63, 3.8) is 0 Å². The second kappa shape index (κ2) is 6.75. The van der Waals surface area contributed by atoms with Gasteiger partial charge in [-0.05, 0) is 38.5 Å². The number of aromatic nitrogens is 3. The highest BCUT2D eigenvalue weighted by Crippen LogP contribution is 2.20. The number of nitrogens with zero attached hydrogens (tertiary/aromatic N) is 3. The minimum absolute atomic E-state index is 0.346. The second-order valence-corrected chi connectivity index (χ2v) is 5.13. The smallest absolute Gasteiger partial charge is 0.142 e. The largest absolute Gasteiger partial charge is 0.485 e. The summed E-state index contributed by atoms with van der Waals surface area (Å²) >= 11 is 5.89. The van der Waals surface area contributed by atoms with Gasteiger partial charge in [0.15, 0.2) is 0 Å². The molecule has 2 aromatic heterocycles. The van der Waals surface area contributed by atoms with Gasteiger partial charge in [0.25, 0.3) is 0 Å². The molecule has 20 heavy (non-hydrogen) atoms. The van der Waals surface area contributed by atoms with E-state index in [2.05, 4.69) is 23.9 Å². The minimum Gasteiger partial charge on any atom is -0.485 e. The highest BCUT2D eigenvalue weighted by atomic mass is 35.5. The van der Waals surface area contributed by atoms with Crippen LogP contribution in [-0.4, -0.2) is 14.8 Å². The topological polar surface area (TPSA) is 39.9 Å². The highest BCUT2D eigenvalue weighted by Gasteiger charge is 2.08. The summed E-state index contributed by atoms with van der Waals surface area (Å²) < 4.78 is 7.74. The molecule has 1 unspecified atom stereocenters. The van der Waals surface area contributed by atoms with Gasteiger partial charge in [-0.15, -0.1) is 11.6 Å². The van der Waals surface area contributed by atoms with Crippen molar-refractivity contribution in [1.29, 1.82) is 0 Å². The van der Waals surface area contributed by atoms with E-state index in [0.717, 1.165) is 29.3 Å². The zero-order valence-corrected chi connectivity index (χ0v) is 12.9. The van der Waals surface area contributed by atoms with Crippen LogP contribution in [0.15, 0.2) is 24.4 Å². The molecule has 0 saturated heterocycles. The van der Waals surface area contributed by atoms with E-state index in [0.29, 0.717) is 18.5 Å². The molecule has 4 nitrogen and oxygen atoms in total. The molecule has 0 saturated carbocycles. The molecule has 0 fully saturated rings. The fourth-order valence-electron chi connectivity index (χ4n) is 1.86. The number of hydrogen-bond acceptors (Lipinski definition) is 3. The Morgan fingerprint density at radius 3 is 2.85 bits per heavy atom. The molecule has 2 heterocycles. The first-order valence-electron chi connectivity index (χ1n) is 6.83. The monoisotopic (exact) mass is 293 g/mol. The van der Waals surface area contributed by atoms with E-state index in [1.165, 1.54) is 0 Å². The third-order valence-corrected chi connectivity index (χ3v) is 3.53. The van der Waals surface area contributed by atoms with E-state index in [1.54, 1.807) is 0 Å². The fraction of sp³-hybridized carbons (Fsp3) is 0.467. The predicted octanol–water partition coefficient (Wildman–Crippen LogP) is 3.88. The van der Waals surface area contributed by atoms with Gasteiger partial charge in [-0.25, -0.2) is 0 Å². The summed E-state index contributed by atoms with van der Waals surface area (Å²) in [7, 11) is 0. The van der Waals surface area contributed by atoms with Crippen molar-refractivity contribution < 1.29 is 4.74 Å². The van der Waals surface area contributed by atoms with Crippen LogP contribution >= 0.6 is 11.6 Å². The summed E-state index contributed by atoms with van der Waals surface area (Å²) in [5, 5.41) is 4.51. The van der Waals surface area contributed by atoms with Crippen LogP contribution < -0.4 is 4.74 Å². The van der Waals surface area contributed by atoms with Crippen LogP contribution in [-0.2, 0) is 12.5 Å². The van der Waals surface area contributed by atoms with Crippen molar-refractivity contribution >= 4 is 11.6 Å². The molecule has 0 N–H and O–H groups in total. The summed E-state index contributed by atoms with van der Waals surface area (Å²) in [4.78, 5) is 4.37. The minimum atomic E-state index is 0.346. The molecule has 0 aliphatic rings. The van der Waals surface area contributed by atoms with Gasteiger partial charge in [0.1, 0.15) is 12.4 Å². The number of ether oxygens (including phenoxy) is 1. The van der Waals surface area contributed by atoms with Crippen molar-refractivity contribution in [2.24, 2.45) is 0 Å². The van der Waals surface area contributed by atoms with E-state index >= 15 is 0 Å². The van der Waals surface area contributed by atoms with Crippen molar-refractivity contribution in [2.45, 2.75) is 45.7 Å². The van der Waals surface area contributed by atoms with Gasteiger partial charge in [-0.2, -0.15) is 5.10 Å². The lowest BCUT2D eigenvalue weighted by molar-refractivity contribution is 0.294. The third kappa shape index (κ3) is 3.51. The molecule has 108 valence electrons. The van der Waals surface area contributed by atoms with Gasteiger partial charge < -0.3 is 4.74 Å². The van der Waals surface area contributed by atoms with Gasteiger partial charge >= 0.3 is 0 Å². The summed E-state index contributed by atoms with van der Waals surface area (Å²) in [5.41, 5.74) is 2.62. The molecule has 0 amide bonds. The Morgan fingerprint density at radius 1 is 1.35 bits per heavy atom. The maximum absolute atomic E-state index is 5.89. The molecule has 0 aromatic carbocycles. The van der Waals surface area contributed by atoms with Crippen LogP contribution in [0.3, 0.4) is 0 Å². The SMILES string of the molecule is CCC(C)n1ccc(COc2ccc(C)nc2CCl)n1. The molecule has 0 radical (unpaired) electrons. The normalized spacial score (nSPS) is 12.4. The van der Waals surface area contributed by atoms with Crippen molar-refractivity contribution in [2.75, 3.05) is 0 Å². The number of halogens is 1. The van der Waals surface area contributed by atoms with E-state index < -0.39 is 0 Å². The Morgan fingerprint density at radius 2 is 2.15 bits per heavy atom. The van der Waals surface area contributed by atoms with Crippen LogP contribution in [0.1, 0.15) is 43.4 Å². The van der Waals surface area contributed by atoms with Gasteiger partial charge in [-0.1, -0.05) is 6.92 Å². The van der Waals surface area contributed by atoms with Crippen LogP contribution in [0.5, 0.6) is 5.75 Å². The Bertz CT molecular complexity index is 568. The molecular formula is C15H20ClN3O. The molecular weight excluding hydrogens is 274 g/mol. The zero-order chi connectivity index (χ0) is 14.5. The Hall–Kier alpha value is -1.55. The lowest BCUT2D eigenvalue weighted by atomic mass is 10.3. The van der Waals surface area contributed by atoms with E-state index in [1.807, 2.05) is 36.0 Å². The van der Waals surface area contributed by atoms with Crippen LogP contribution in [0.4, 0.5) is 0 Å². The van der Waals surface area contributed by atoms with E-state index in [4.69, 9.17) is 16.3 Å². The number of hydrogen-bond donors (Lipinski definition) is 0. The zero-order valence-electron chi connectivity index (χ0n) is 12.1. The standard InChI is InChI=1S/C15H20ClN3O/c1-4-12(3)19-8-7-13(18-19)10-20-15-6-5-11(2)17-14(15)9-16/h5-8,12H,4,9-10H2,1-3H3. The number of rotatable bonds is 6. The number of pyridine rings is 1.